The van der Waals surface area contributed by atoms with Crippen LogP contribution in [-0.4, -0.2) is 50.3 Å². The Kier molecular flexibility index (Phi) is 6.39. The molecule has 1 fully saturated rings. The Bertz CT molecular complexity index is 1050. The van der Waals surface area contributed by atoms with Gasteiger partial charge in [0.25, 0.3) is 0 Å². The first-order valence-electron chi connectivity index (χ1n) is 11.2. The van der Waals surface area contributed by atoms with Crippen molar-refractivity contribution in [1.82, 2.24) is 19.7 Å². The van der Waals surface area contributed by atoms with E-state index in [0.717, 1.165) is 55.0 Å². The summed E-state index contributed by atoms with van der Waals surface area (Å²) in [5.41, 5.74) is 2.19. The largest absolute Gasteiger partial charge is 0.474 e. The van der Waals surface area contributed by atoms with E-state index >= 15 is 0 Å². The van der Waals surface area contributed by atoms with Gasteiger partial charge in [0.05, 0.1) is 25.0 Å². The van der Waals surface area contributed by atoms with Crippen LogP contribution in [0.25, 0.3) is 5.69 Å². The van der Waals surface area contributed by atoms with E-state index < -0.39 is 0 Å². The lowest BCUT2D eigenvalue weighted by Gasteiger charge is -2.28. The number of aliphatic hydroxyl groups is 1. The molecule has 8 heteroatoms. The lowest BCUT2D eigenvalue weighted by molar-refractivity contribution is 0.0289. The van der Waals surface area contributed by atoms with Crippen molar-refractivity contribution in [2.45, 2.75) is 56.7 Å². The molecule has 3 aromatic rings. The van der Waals surface area contributed by atoms with Crippen molar-refractivity contribution >= 4 is 11.6 Å². The smallest absolute Gasteiger partial charge is 0.213 e. The maximum atomic E-state index is 9.20. The normalized spacial score (nSPS) is 22.6. The standard InChI is InChI=1S/C24H27ClN4O3/c25-18-6-9-21-17(13-18)14-20(31-12-11-30)15-22-27-28-24(29(21)22)16-4-7-19(8-5-16)32-23-3-1-2-10-26-23/h1-3,6,9-10,13,16,19-20,30H,4-5,7-8,11-12,14-15H2/t16-,19-,20?. The maximum absolute atomic E-state index is 9.20. The van der Waals surface area contributed by atoms with E-state index in [0.29, 0.717) is 29.8 Å². The van der Waals surface area contributed by atoms with Gasteiger partial charge in [-0.3, -0.25) is 4.57 Å². The van der Waals surface area contributed by atoms with Gasteiger partial charge in [-0.2, -0.15) is 0 Å². The van der Waals surface area contributed by atoms with Crippen LogP contribution in [0.1, 0.15) is 48.8 Å². The van der Waals surface area contributed by atoms with Crippen LogP contribution >= 0.6 is 11.6 Å². The van der Waals surface area contributed by atoms with Gasteiger partial charge in [0.1, 0.15) is 17.8 Å². The molecule has 5 rings (SSSR count). The van der Waals surface area contributed by atoms with Crippen LogP contribution in [-0.2, 0) is 17.6 Å². The molecule has 1 aliphatic carbocycles. The Balaban J connectivity index is 1.38. The van der Waals surface area contributed by atoms with Gasteiger partial charge in [0.2, 0.25) is 5.88 Å². The lowest BCUT2D eigenvalue weighted by Crippen LogP contribution is -2.25. The lowest BCUT2D eigenvalue weighted by atomic mass is 9.86. The monoisotopic (exact) mass is 454 g/mol. The number of nitrogens with zero attached hydrogens (tertiary/aromatic N) is 4. The molecule has 0 radical (unpaired) electrons. The quantitative estimate of drug-likeness (QED) is 0.608. The molecule has 1 unspecified atom stereocenters. The maximum Gasteiger partial charge on any atom is 0.213 e. The molecule has 0 spiro atoms. The van der Waals surface area contributed by atoms with E-state index in [1.54, 1.807) is 6.20 Å². The predicted molar refractivity (Wildman–Crippen MR) is 120 cm³/mol. The summed E-state index contributed by atoms with van der Waals surface area (Å²) in [5.74, 6) is 2.91. The molecule has 1 aliphatic heterocycles. The van der Waals surface area contributed by atoms with Gasteiger partial charge in [-0.15, -0.1) is 10.2 Å². The Morgan fingerprint density at radius 1 is 1.03 bits per heavy atom. The third-order valence-corrected chi connectivity index (χ3v) is 6.54. The molecule has 168 valence electrons. The molecule has 1 saturated carbocycles. The second-order valence-electron chi connectivity index (χ2n) is 8.47. The summed E-state index contributed by atoms with van der Waals surface area (Å²) in [6, 6.07) is 11.7. The Hall–Kier alpha value is -2.48. The van der Waals surface area contributed by atoms with Crippen molar-refractivity contribution < 1.29 is 14.6 Å². The van der Waals surface area contributed by atoms with E-state index in [1.807, 2.05) is 30.3 Å². The van der Waals surface area contributed by atoms with E-state index in [9.17, 15) is 5.11 Å². The second kappa shape index (κ2) is 9.57. The molecular formula is C24H27ClN4O3. The summed E-state index contributed by atoms with van der Waals surface area (Å²) in [6.45, 7) is 0.308. The van der Waals surface area contributed by atoms with E-state index in [4.69, 9.17) is 21.1 Å². The first kappa shape index (κ1) is 21.4. The summed E-state index contributed by atoms with van der Waals surface area (Å²) in [7, 11) is 0. The molecule has 1 N–H and O–H groups in total. The van der Waals surface area contributed by atoms with Crippen LogP contribution in [0.4, 0.5) is 0 Å². The molecule has 7 nitrogen and oxygen atoms in total. The first-order chi connectivity index (χ1) is 15.7. The van der Waals surface area contributed by atoms with Crippen molar-refractivity contribution in [1.29, 1.82) is 0 Å². The number of halogens is 1. The fourth-order valence-electron chi connectivity index (χ4n) is 4.81. The zero-order valence-corrected chi connectivity index (χ0v) is 18.6. The Morgan fingerprint density at radius 3 is 2.69 bits per heavy atom. The average Bonchev–Trinajstić information content (AvgIpc) is 3.15. The third-order valence-electron chi connectivity index (χ3n) is 6.30. The molecule has 32 heavy (non-hydrogen) atoms. The minimum absolute atomic E-state index is 0.000651. The molecule has 0 saturated heterocycles. The SMILES string of the molecule is OCCOC1Cc2cc(Cl)ccc2-n2c(nnc2[C@H]2CC[C@H](Oc3ccccn3)CC2)C1. The van der Waals surface area contributed by atoms with Crippen LogP contribution in [0.3, 0.4) is 0 Å². The van der Waals surface area contributed by atoms with Gasteiger partial charge < -0.3 is 14.6 Å². The van der Waals surface area contributed by atoms with Gasteiger partial charge >= 0.3 is 0 Å². The fourth-order valence-corrected chi connectivity index (χ4v) is 5.00. The van der Waals surface area contributed by atoms with E-state index in [-0.39, 0.29) is 18.8 Å². The number of benzene rings is 1. The number of rotatable bonds is 6. The highest BCUT2D eigenvalue weighted by Gasteiger charge is 2.32. The zero-order valence-electron chi connectivity index (χ0n) is 17.9. The number of hydrogen-bond acceptors (Lipinski definition) is 6. The highest BCUT2D eigenvalue weighted by molar-refractivity contribution is 6.30. The number of pyridine rings is 1. The van der Waals surface area contributed by atoms with Crippen molar-refractivity contribution in [2.24, 2.45) is 0 Å². The van der Waals surface area contributed by atoms with Crippen LogP contribution in [0.15, 0.2) is 42.6 Å². The van der Waals surface area contributed by atoms with Crippen molar-refractivity contribution in [3.63, 3.8) is 0 Å². The molecule has 1 atom stereocenters. The number of fused-ring (bicyclic) bond motifs is 3. The van der Waals surface area contributed by atoms with E-state index in [2.05, 4.69) is 25.8 Å². The van der Waals surface area contributed by atoms with Gasteiger partial charge in [0.15, 0.2) is 0 Å². The van der Waals surface area contributed by atoms with Crippen LogP contribution in [0.5, 0.6) is 5.88 Å². The summed E-state index contributed by atoms with van der Waals surface area (Å²) in [6.07, 6.45) is 7.13. The number of ether oxygens (including phenoxy) is 2. The topological polar surface area (TPSA) is 82.3 Å². The third kappa shape index (κ3) is 4.51. The van der Waals surface area contributed by atoms with E-state index in [1.165, 1.54) is 0 Å². The number of aliphatic hydroxyl groups excluding tert-OH is 1. The summed E-state index contributed by atoms with van der Waals surface area (Å²) < 4.78 is 14.2. The number of aromatic nitrogens is 4. The van der Waals surface area contributed by atoms with Crippen LogP contribution in [0.2, 0.25) is 5.02 Å². The Morgan fingerprint density at radius 2 is 1.91 bits per heavy atom. The highest BCUT2D eigenvalue weighted by Crippen LogP contribution is 2.37. The van der Waals surface area contributed by atoms with Crippen molar-refractivity contribution in [2.75, 3.05) is 13.2 Å². The highest BCUT2D eigenvalue weighted by atomic mass is 35.5. The summed E-state index contributed by atoms with van der Waals surface area (Å²) in [4.78, 5) is 4.28. The van der Waals surface area contributed by atoms with Crippen molar-refractivity contribution in [3.05, 3.63) is 64.8 Å². The molecule has 2 aromatic heterocycles. The zero-order chi connectivity index (χ0) is 21.9. The molecule has 2 aliphatic rings. The van der Waals surface area contributed by atoms with Crippen LogP contribution in [0, 0.1) is 0 Å². The summed E-state index contributed by atoms with van der Waals surface area (Å²) in [5, 5.41) is 19.1. The van der Waals surface area contributed by atoms with Gasteiger partial charge in [0, 0.05) is 36.0 Å². The fraction of sp³-hybridized carbons (Fsp3) is 0.458. The average molecular weight is 455 g/mol. The van der Waals surface area contributed by atoms with Crippen LogP contribution < -0.4 is 4.74 Å². The van der Waals surface area contributed by atoms with Gasteiger partial charge in [-0.05, 0) is 55.5 Å². The van der Waals surface area contributed by atoms with Gasteiger partial charge in [-0.1, -0.05) is 17.7 Å². The molecule has 0 bridgehead atoms. The number of hydrogen-bond donors (Lipinski definition) is 1. The van der Waals surface area contributed by atoms with Crippen molar-refractivity contribution in [3.8, 4) is 11.6 Å². The molecule has 0 amide bonds. The minimum Gasteiger partial charge on any atom is -0.474 e. The molecule has 3 heterocycles. The van der Waals surface area contributed by atoms with Gasteiger partial charge in [-0.25, -0.2) is 4.98 Å². The minimum atomic E-state index is -0.0693. The second-order valence-corrected chi connectivity index (χ2v) is 8.90. The molecule has 1 aromatic carbocycles. The predicted octanol–water partition coefficient (Wildman–Crippen LogP) is 3.90. The molecular weight excluding hydrogens is 428 g/mol. The first-order valence-corrected chi connectivity index (χ1v) is 11.6. The summed E-state index contributed by atoms with van der Waals surface area (Å²) >= 11 is 6.31. The Labute approximate surface area is 192 Å².